The second-order valence-corrected chi connectivity index (χ2v) is 11.8. The molecule has 6 atom stereocenters. The first-order valence-corrected chi connectivity index (χ1v) is 12.3. The lowest BCUT2D eigenvalue weighted by Gasteiger charge is -2.38. The molecule has 0 aromatic heterocycles. The van der Waals surface area contributed by atoms with Crippen molar-refractivity contribution in [2.45, 2.75) is 72.0 Å². The number of urea groups is 1. The summed E-state index contributed by atoms with van der Waals surface area (Å²) in [6.45, 7) is 10.9. The van der Waals surface area contributed by atoms with Crippen molar-refractivity contribution in [2.75, 3.05) is 20.1 Å². The number of amides is 6. The van der Waals surface area contributed by atoms with Gasteiger partial charge in [-0.05, 0) is 35.5 Å². The van der Waals surface area contributed by atoms with Gasteiger partial charge in [0.05, 0.1) is 0 Å². The number of hydrogen-bond acceptors (Lipinski definition) is 5. The van der Waals surface area contributed by atoms with Crippen LogP contribution in [0.4, 0.5) is 4.79 Å². The van der Waals surface area contributed by atoms with Gasteiger partial charge in [-0.2, -0.15) is 0 Å². The van der Waals surface area contributed by atoms with Gasteiger partial charge in [-0.15, -0.1) is 0 Å². The van der Waals surface area contributed by atoms with E-state index >= 15 is 0 Å². The van der Waals surface area contributed by atoms with Crippen molar-refractivity contribution in [3.05, 3.63) is 0 Å². The van der Waals surface area contributed by atoms with Crippen LogP contribution in [0.2, 0.25) is 0 Å². The fourth-order valence-corrected chi connectivity index (χ4v) is 5.79. The molecule has 1 aliphatic carbocycles. The molecule has 0 bridgehead atoms. The van der Waals surface area contributed by atoms with Gasteiger partial charge >= 0.3 is 6.03 Å². The van der Waals surface area contributed by atoms with Gasteiger partial charge in [0.15, 0.2) is 0 Å². The Balaban J connectivity index is 1.74. The van der Waals surface area contributed by atoms with Crippen LogP contribution in [0.3, 0.4) is 0 Å². The summed E-state index contributed by atoms with van der Waals surface area (Å²) >= 11 is 0. The minimum atomic E-state index is -0.956. The summed E-state index contributed by atoms with van der Waals surface area (Å²) in [5.41, 5.74) is 4.98. The topological polar surface area (TPSA) is 163 Å². The maximum absolute atomic E-state index is 13.6. The van der Waals surface area contributed by atoms with E-state index < -0.39 is 29.4 Å². The van der Waals surface area contributed by atoms with Crippen LogP contribution in [0.5, 0.6) is 0 Å². The van der Waals surface area contributed by atoms with Crippen molar-refractivity contribution in [3.8, 4) is 0 Å². The van der Waals surface area contributed by atoms with Gasteiger partial charge in [0, 0.05) is 38.5 Å². The molecule has 2 heterocycles. The number of carbonyl (C=O) groups excluding carboxylic acids is 5. The predicted octanol–water partition coefficient (Wildman–Crippen LogP) is -0.300. The van der Waals surface area contributed by atoms with Crippen LogP contribution in [-0.2, 0) is 19.2 Å². The van der Waals surface area contributed by atoms with E-state index in [9.17, 15) is 24.0 Å². The fraction of sp³-hybridized carbons (Fsp3) is 0.792. The van der Waals surface area contributed by atoms with Crippen molar-refractivity contribution in [1.29, 1.82) is 0 Å². The molecule has 0 spiro atoms. The number of rotatable bonds is 8. The number of primary amides is 1. The Kier molecular flexibility index (Phi) is 7.38. The van der Waals surface area contributed by atoms with Crippen LogP contribution in [-0.4, -0.2) is 72.8 Å². The maximum atomic E-state index is 13.6. The second-order valence-electron chi connectivity index (χ2n) is 11.8. The summed E-state index contributed by atoms with van der Waals surface area (Å²) in [4.78, 5) is 64.4. The van der Waals surface area contributed by atoms with E-state index in [0.717, 1.165) is 0 Å². The van der Waals surface area contributed by atoms with Crippen LogP contribution in [0, 0.1) is 28.6 Å². The number of nitrogens with two attached hydrogens (primary N) is 1. The van der Waals surface area contributed by atoms with Gasteiger partial charge in [0.1, 0.15) is 12.1 Å². The molecule has 3 aliphatic rings. The van der Waals surface area contributed by atoms with E-state index in [1.807, 2.05) is 20.8 Å². The summed E-state index contributed by atoms with van der Waals surface area (Å²) in [5.74, 6) is -1.40. The molecule has 0 aromatic rings. The minimum Gasteiger partial charge on any atom is -0.368 e. The molecule has 6 N–H and O–H groups in total. The molecular formula is C24H40N6O5. The molecule has 35 heavy (non-hydrogen) atoms. The second kappa shape index (κ2) is 9.66. The van der Waals surface area contributed by atoms with Crippen LogP contribution in [0.25, 0.3) is 0 Å². The normalized spacial score (nSPS) is 28.4. The van der Waals surface area contributed by atoms with E-state index in [1.54, 1.807) is 4.90 Å². The predicted molar refractivity (Wildman–Crippen MR) is 129 cm³/mol. The Hall–Kier alpha value is -2.85. The third-order valence-corrected chi connectivity index (χ3v) is 8.00. The zero-order chi connectivity index (χ0) is 26.3. The smallest absolute Gasteiger partial charge is 0.315 e. The summed E-state index contributed by atoms with van der Waals surface area (Å²) < 4.78 is 0. The number of likely N-dealkylation sites (tertiary alicyclic amines) is 1. The molecule has 6 amide bonds. The third-order valence-electron chi connectivity index (χ3n) is 8.00. The Morgan fingerprint density at radius 3 is 2.37 bits per heavy atom. The van der Waals surface area contributed by atoms with Gasteiger partial charge < -0.3 is 31.9 Å². The average molecular weight is 493 g/mol. The first kappa shape index (κ1) is 26.7. The molecule has 3 fully saturated rings. The van der Waals surface area contributed by atoms with Crippen LogP contribution in [0.15, 0.2) is 0 Å². The Labute approximate surface area is 206 Å². The van der Waals surface area contributed by atoms with Crippen molar-refractivity contribution < 1.29 is 24.0 Å². The van der Waals surface area contributed by atoms with Gasteiger partial charge in [-0.1, -0.05) is 34.6 Å². The highest BCUT2D eigenvalue weighted by molar-refractivity contribution is 5.90. The zero-order valence-corrected chi connectivity index (χ0v) is 21.6. The summed E-state index contributed by atoms with van der Waals surface area (Å²) in [7, 11) is 1.49. The Bertz CT molecular complexity index is 897. The first-order valence-electron chi connectivity index (χ1n) is 12.3. The van der Waals surface area contributed by atoms with Crippen molar-refractivity contribution in [1.82, 2.24) is 26.2 Å². The Morgan fingerprint density at radius 2 is 1.86 bits per heavy atom. The fourth-order valence-electron chi connectivity index (χ4n) is 5.79. The number of hydrogen-bond donors (Lipinski definition) is 5. The highest BCUT2D eigenvalue weighted by Crippen LogP contribution is 2.65. The Morgan fingerprint density at radius 1 is 1.20 bits per heavy atom. The molecule has 3 rings (SSSR count). The number of nitrogens with zero attached hydrogens (tertiary/aromatic N) is 1. The largest absolute Gasteiger partial charge is 0.368 e. The number of carbonyl (C=O) groups is 5. The molecule has 2 aliphatic heterocycles. The van der Waals surface area contributed by atoms with E-state index in [4.69, 9.17) is 5.73 Å². The number of nitrogens with one attached hydrogen (secondary N) is 4. The third kappa shape index (κ3) is 5.54. The lowest BCUT2D eigenvalue weighted by molar-refractivity contribution is -0.139. The lowest BCUT2D eigenvalue weighted by Crippen LogP contribution is -2.58. The highest BCUT2D eigenvalue weighted by Gasteiger charge is 2.68. The molecule has 0 unspecified atom stereocenters. The van der Waals surface area contributed by atoms with Gasteiger partial charge in [-0.3, -0.25) is 19.2 Å². The van der Waals surface area contributed by atoms with Crippen molar-refractivity contribution in [3.63, 3.8) is 0 Å². The quantitative estimate of drug-likeness (QED) is 0.314. The standard InChI is InChI=1S/C24H40N6O5/c1-23(2,3)18(29-22(35)26-6)21(34)30-11-13-17(24(13,4)5)15(30)10-16(31)28-14(19(25)32)9-12-7-8-27-20(12)33/h12-15,17-18H,7-11H2,1-6H3,(H2,25,32)(H,27,33)(H,28,31)(H2,26,29,35)/t12-,13-,14-,15+,17-,18+/m0/s1. The molecule has 2 saturated heterocycles. The molecule has 11 heteroatoms. The van der Waals surface area contributed by atoms with E-state index in [0.29, 0.717) is 19.5 Å². The number of piperidine rings is 1. The van der Waals surface area contributed by atoms with Gasteiger partial charge in [-0.25, -0.2) is 4.79 Å². The summed E-state index contributed by atoms with van der Waals surface area (Å²) in [5, 5.41) is 10.7. The molecule has 0 radical (unpaired) electrons. The molecule has 196 valence electrons. The number of fused-ring (bicyclic) bond motifs is 1. The highest BCUT2D eigenvalue weighted by atomic mass is 16.2. The van der Waals surface area contributed by atoms with Gasteiger partial charge in [0.25, 0.3) is 0 Å². The van der Waals surface area contributed by atoms with Crippen LogP contribution < -0.4 is 27.0 Å². The van der Waals surface area contributed by atoms with Gasteiger partial charge in [0.2, 0.25) is 23.6 Å². The van der Waals surface area contributed by atoms with Crippen molar-refractivity contribution >= 4 is 29.7 Å². The zero-order valence-electron chi connectivity index (χ0n) is 21.6. The average Bonchev–Trinajstić information content (AvgIpc) is 3.06. The SMILES string of the molecule is CNC(=O)N[C@H](C(=O)N1C[C@H]2[C@@H]([C@H]1CC(=O)N[C@@H](C[C@@H]1CCNC1=O)C(N)=O)C2(C)C)C(C)(C)C. The summed E-state index contributed by atoms with van der Waals surface area (Å²) in [6.07, 6.45) is 0.765. The van der Waals surface area contributed by atoms with Crippen LogP contribution >= 0.6 is 0 Å². The molecule has 11 nitrogen and oxygen atoms in total. The first-order chi connectivity index (χ1) is 16.2. The molecule has 1 saturated carbocycles. The van der Waals surface area contributed by atoms with E-state index in [1.165, 1.54) is 7.05 Å². The molecule has 0 aromatic carbocycles. The lowest BCUT2D eigenvalue weighted by atomic mass is 9.85. The maximum Gasteiger partial charge on any atom is 0.315 e. The van der Waals surface area contributed by atoms with E-state index in [-0.39, 0.29) is 59.8 Å². The molecular weight excluding hydrogens is 452 g/mol. The minimum absolute atomic E-state index is 0.00178. The summed E-state index contributed by atoms with van der Waals surface area (Å²) in [6, 6.07) is -2.53. The van der Waals surface area contributed by atoms with Crippen molar-refractivity contribution in [2.24, 2.45) is 34.3 Å². The monoisotopic (exact) mass is 492 g/mol. The van der Waals surface area contributed by atoms with E-state index in [2.05, 4.69) is 35.1 Å². The van der Waals surface area contributed by atoms with Crippen LogP contribution in [0.1, 0.15) is 53.9 Å².